The van der Waals surface area contributed by atoms with Gasteiger partial charge in [0, 0.05) is 30.7 Å². The summed E-state index contributed by atoms with van der Waals surface area (Å²) in [6.07, 6.45) is -1.16. The zero-order valence-electron chi connectivity index (χ0n) is 12.2. The van der Waals surface area contributed by atoms with Gasteiger partial charge in [-0.25, -0.2) is 4.98 Å². The van der Waals surface area contributed by atoms with Crippen molar-refractivity contribution in [2.24, 2.45) is 0 Å². The molecule has 1 N–H and O–H groups in total. The second-order valence-corrected chi connectivity index (χ2v) is 5.22. The van der Waals surface area contributed by atoms with Gasteiger partial charge < -0.3 is 9.88 Å². The summed E-state index contributed by atoms with van der Waals surface area (Å²) in [7, 11) is 0. The average Bonchev–Trinajstić information content (AvgIpc) is 2.81. The van der Waals surface area contributed by atoms with Crippen LogP contribution in [0.3, 0.4) is 0 Å². The number of rotatable bonds is 4. The summed E-state index contributed by atoms with van der Waals surface area (Å²) in [6, 6.07) is 4.50. The van der Waals surface area contributed by atoms with E-state index in [1.165, 1.54) is 12.1 Å². The first-order valence-electron chi connectivity index (χ1n) is 6.73. The van der Waals surface area contributed by atoms with Gasteiger partial charge in [0.2, 0.25) is 0 Å². The summed E-state index contributed by atoms with van der Waals surface area (Å²) in [6.45, 7) is 5.74. The number of alkyl halides is 3. The van der Waals surface area contributed by atoms with Crippen LogP contribution >= 0.6 is 0 Å². The molecule has 0 atom stereocenters. The summed E-state index contributed by atoms with van der Waals surface area (Å²) in [5.74, 6) is 0.649. The second kappa shape index (κ2) is 5.89. The first-order chi connectivity index (χ1) is 9.79. The third-order valence-corrected chi connectivity index (χ3v) is 3.20. The van der Waals surface area contributed by atoms with Crippen molar-refractivity contribution in [2.75, 3.05) is 0 Å². The molecule has 0 radical (unpaired) electrons. The molecule has 3 nitrogen and oxygen atoms in total. The van der Waals surface area contributed by atoms with E-state index in [0.717, 1.165) is 0 Å². The molecule has 0 bridgehead atoms. The van der Waals surface area contributed by atoms with Gasteiger partial charge in [-0.3, -0.25) is 0 Å². The molecule has 0 aliphatic carbocycles. The molecule has 0 amide bonds. The van der Waals surface area contributed by atoms with Crippen LogP contribution in [-0.2, 0) is 12.7 Å². The lowest BCUT2D eigenvalue weighted by molar-refractivity contribution is -0.138. The Bertz CT molecular complexity index is 615. The Morgan fingerprint density at radius 2 is 2.00 bits per heavy atom. The minimum Gasteiger partial charge on any atom is -0.310 e. The van der Waals surface area contributed by atoms with E-state index >= 15 is 0 Å². The number of nitrogens with one attached hydrogen (secondary N) is 1. The molecule has 0 saturated carbocycles. The Hall–Kier alpha value is -1.82. The number of nitrogens with zero attached hydrogens (tertiary/aromatic N) is 2. The Labute approximate surface area is 121 Å². The monoisotopic (exact) mass is 297 g/mol. The number of hydrogen-bond acceptors (Lipinski definition) is 2. The van der Waals surface area contributed by atoms with Gasteiger partial charge in [-0.05, 0) is 24.6 Å². The quantitative estimate of drug-likeness (QED) is 0.932. The van der Waals surface area contributed by atoms with Gasteiger partial charge in [0.15, 0.2) is 0 Å². The fourth-order valence-electron chi connectivity index (χ4n) is 2.10. The molecule has 114 valence electrons. The molecule has 0 aliphatic rings. The van der Waals surface area contributed by atoms with Gasteiger partial charge in [0.05, 0.1) is 5.56 Å². The Morgan fingerprint density at radius 1 is 1.29 bits per heavy atom. The molecule has 6 heteroatoms. The van der Waals surface area contributed by atoms with Crippen molar-refractivity contribution in [2.45, 2.75) is 39.5 Å². The van der Waals surface area contributed by atoms with Crippen LogP contribution < -0.4 is 5.32 Å². The number of aromatic nitrogens is 2. The van der Waals surface area contributed by atoms with Crippen molar-refractivity contribution < 1.29 is 13.2 Å². The standard InChI is InChI=1S/C15H18F3N3/c1-10(2)20-9-12-4-5-13(8-14(12)15(16,17)18)21-7-6-19-11(21)3/h4-8,10,20H,9H2,1-3H3. The molecule has 0 aliphatic heterocycles. The van der Waals surface area contributed by atoms with Crippen LogP contribution in [0.2, 0.25) is 0 Å². The van der Waals surface area contributed by atoms with E-state index in [2.05, 4.69) is 10.3 Å². The van der Waals surface area contributed by atoms with E-state index in [1.54, 1.807) is 30.0 Å². The van der Waals surface area contributed by atoms with E-state index in [-0.39, 0.29) is 18.2 Å². The van der Waals surface area contributed by atoms with Crippen LogP contribution in [-0.4, -0.2) is 15.6 Å². The van der Waals surface area contributed by atoms with Crippen molar-refractivity contribution in [1.29, 1.82) is 0 Å². The van der Waals surface area contributed by atoms with Crippen LogP contribution in [0.1, 0.15) is 30.8 Å². The van der Waals surface area contributed by atoms with Gasteiger partial charge >= 0.3 is 6.18 Å². The maximum Gasteiger partial charge on any atom is 0.416 e. The molecule has 0 spiro atoms. The fraction of sp³-hybridized carbons (Fsp3) is 0.400. The summed E-state index contributed by atoms with van der Waals surface area (Å²) in [5.41, 5.74) is 0.101. The van der Waals surface area contributed by atoms with E-state index < -0.39 is 11.7 Å². The van der Waals surface area contributed by atoms with Crippen molar-refractivity contribution in [3.63, 3.8) is 0 Å². The highest BCUT2D eigenvalue weighted by atomic mass is 19.4. The summed E-state index contributed by atoms with van der Waals surface area (Å²) >= 11 is 0. The zero-order chi connectivity index (χ0) is 15.6. The van der Waals surface area contributed by atoms with Crippen molar-refractivity contribution in [3.05, 3.63) is 47.5 Å². The van der Waals surface area contributed by atoms with Gasteiger partial charge in [-0.1, -0.05) is 19.9 Å². The first kappa shape index (κ1) is 15.6. The highest BCUT2D eigenvalue weighted by Gasteiger charge is 2.33. The van der Waals surface area contributed by atoms with E-state index in [9.17, 15) is 13.2 Å². The lowest BCUT2D eigenvalue weighted by Crippen LogP contribution is -2.24. The molecule has 1 aromatic heterocycles. The number of imidazole rings is 1. The van der Waals surface area contributed by atoms with Gasteiger partial charge in [-0.15, -0.1) is 0 Å². The normalized spacial score (nSPS) is 12.1. The van der Waals surface area contributed by atoms with E-state index in [4.69, 9.17) is 0 Å². The van der Waals surface area contributed by atoms with Gasteiger partial charge in [0.25, 0.3) is 0 Å². The molecule has 0 fully saturated rings. The molecular formula is C15H18F3N3. The van der Waals surface area contributed by atoms with E-state index in [1.807, 2.05) is 13.8 Å². The minimum atomic E-state index is -4.38. The number of aryl methyl sites for hydroxylation is 1. The highest BCUT2D eigenvalue weighted by Crippen LogP contribution is 2.33. The third kappa shape index (κ3) is 3.64. The smallest absolute Gasteiger partial charge is 0.310 e. The lowest BCUT2D eigenvalue weighted by Gasteiger charge is -2.17. The summed E-state index contributed by atoms with van der Waals surface area (Å²) in [5, 5.41) is 3.02. The van der Waals surface area contributed by atoms with Crippen LogP contribution in [0.4, 0.5) is 13.2 Å². The van der Waals surface area contributed by atoms with Crippen LogP contribution in [0.25, 0.3) is 5.69 Å². The van der Waals surface area contributed by atoms with Crippen LogP contribution in [0.15, 0.2) is 30.6 Å². The zero-order valence-corrected chi connectivity index (χ0v) is 12.2. The van der Waals surface area contributed by atoms with Crippen molar-refractivity contribution in [1.82, 2.24) is 14.9 Å². The topological polar surface area (TPSA) is 29.9 Å². The molecule has 21 heavy (non-hydrogen) atoms. The van der Waals surface area contributed by atoms with Crippen molar-refractivity contribution >= 4 is 0 Å². The molecule has 0 saturated heterocycles. The predicted molar refractivity (Wildman–Crippen MR) is 75.3 cm³/mol. The number of halogens is 3. The molecular weight excluding hydrogens is 279 g/mol. The Kier molecular flexibility index (Phi) is 4.37. The first-order valence-corrected chi connectivity index (χ1v) is 6.73. The second-order valence-electron chi connectivity index (χ2n) is 5.22. The summed E-state index contributed by atoms with van der Waals surface area (Å²) < 4.78 is 41.4. The third-order valence-electron chi connectivity index (χ3n) is 3.20. The SMILES string of the molecule is Cc1nccn1-c1ccc(CNC(C)C)c(C(F)(F)F)c1. The van der Waals surface area contributed by atoms with Gasteiger partial charge in [0.1, 0.15) is 5.82 Å². The molecule has 1 heterocycles. The lowest BCUT2D eigenvalue weighted by atomic mass is 10.1. The maximum atomic E-state index is 13.2. The summed E-state index contributed by atoms with van der Waals surface area (Å²) in [4.78, 5) is 4.04. The average molecular weight is 297 g/mol. The predicted octanol–water partition coefficient (Wildman–Crippen LogP) is 3.70. The minimum absolute atomic E-state index is 0.127. The largest absolute Gasteiger partial charge is 0.416 e. The number of benzene rings is 1. The Morgan fingerprint density at radius 3 is 2.52 bits per heavy atom. The Balaban J connectivity index is 2.43. The molecule has 1 aromatic carbocycles. The molecule has 2 aromatic rings. The van der Waals surface area contributed by atoms with Gasteiger partial charge in [-0.2, -0.15) is 13.2 Å². The van der Waals surface area contributed by atoms with E-state index in [0.29, 0.717) is 11.5 Å². The molecule has 2 rings (SSSR count). The van der Waals surface area contributed by atoms with Crippen LogP contribution in [0, 0.1) is 6.92 Å². The molecule has 0 unspecified atom stereocenters. The van der Waals surface area contributed by atoms with Crippen molar-refractivity contribution in [3.8, 4) is 5.69 Å². The maximum absolute atomic E-state index is 13.2. The van der Waals surface area contributed by atoms with Crippen LogP contribution in [0.5, 0.6) is 0 Å². The fourth-order valence-corrected chi connectivity index (χ4v) is 2.10. The highest BCUT2D eigenvalue weighted by molar-refractivity contribution is 5.43. The number of hydrogen-bond donors (Lipinski definition) is 1.